The van der Waals surface area contributed by atoms with Crippen LogP contribution in [0.25, 0.3) is 10.9 Å². The maximum absolute atomic E-state index is 13.1. The Labute approximate surface area is 155 Å². The van der Waals surface area contributed by atoms with Crippen LogP contribution < -0.4 is 5.32 Å². The van der Waals surface area contributed by atoms with Crippen LogP contribution in [0.5, 0.6) is 0 Å². The molecule has 25 heavy (non-hydrogen) atoms. The number of benzene rings is 1. The van der Waals surface area contributed by atoms with Gasteiger partial charge in [0.25, 0.3) is 5.91 Å². The standard InChI is InChI=1S/C18H22BrN5O/c1-22-6-8-23(9-7-22)18(25)15-11-24(12-17-20-4-5-21-17)16-10-13(19)2-3-14(15)16/h2-3,10-11H,4-9,12H2,1H3,(H,20,21). The molecule has 132 valence electrons. The molecule has 1 N–H and O–H groups in total. The van der Waals surface area contributed by atoms with E-state index in [1.807, 2.05) is 23.2 Å². The average molecular weight is 404 g/mol. The Morgan fingerprint density at radius 2 is 2.08 bits per heavy atom. The molecule has 0 saturated carbocycles. The maximum Gasteiger partial charge on any atom is 0.256 e. The SMILES string of the molecule is CN1CCN(C(=O)c2cn(CC3=NCCN3)c3cc(Br)ccc23)CC1. The maximum atomic E-state index is 13.1. The van der Waals surface area contributed by atoms with Crippen molar-refractivity contribution >= 4 is 38.6 Å². The summed E-state index contributed by atoms with van der Waals surface area (Å²) in [6.07, 6.45) is 1.99. The normalized spacial score (nSPS) is 18.5. The van der Waals surface area contributed by atoms with E-state index in [9.17, 15) is 4.79 Å². The number of aromatic nitrogens is 1. The summed E-state index contributed by atoms with van der Waals surface area (Å²) in [5.74, 6) is 1.11. The van der Waals surface area contributed by atoms with Gasteiger partial charge >= 0.3 is 0 Å². The zero-order valence-corrected chi connectivity index (χ0v) is 15.9. The van der Waals surface area contributed by atoms with Crippen LogP contribution in [0, 0.1) is 0 Å². The minimum absolute atomic E-state index is 0.125. The molecular weight excluding hydrogens is 382 g/mol. The van der Waals surface area contributed by atoms with Gasteiger partial charge in [-0.05, 0) is 19.2 Å². The predicted molar refractivity (Wildman–Crippen MR) is 103 cm³/mol. The third-order valence-corrected chi connectivity index (χ3v) is 5.42. The Morgan fingerprint density at radius 3 is 2.80 bits per heavy atom. The topological polar surface area (TPSA) is 52.9 Å². The molecule has 1 fully saturated rings. The molecule has 4 rings (SSSR count). The second-order valence-corrected chi connectivity index (χ2v) is 7.60. The van der Waals surface area contributed by atoms with Crippen molar-refractivity contribution in [2.24, 2.45) is 4.99 Å². The van der Waals surface area contributed by atoms with Crippen molar-refractivity contribution in [1.82, 2.24) is 19.7 Å². The van der Waals surface area contributed by atoms with E-state index in [4.69, 9.17) is 0 Å². The molecule has 1 saturated heterocycles. The van der Waals surface area contributed by atoms with Crippen LogP contribution >= 0.6 is 15.9 Å². The number of hydrogen-bond donors (Lipinski definition) is 1. The van der Waals surface area contributed by atoms with Gasteiger partial charge in [0, 0.05) is 48.8 Å². The van der Waals surface area contributed by atoms with Crippen molar-refractivity contribution in [3.63, 3.8) is 0 Å². The van der Waals surface area contributed by atoms with Crippen LogP contribution in [0.3, 0.4) is 0 Å². The van der Waals surface area contributed by atoms with E-state index in [0.29, 0.717) is 6.54 Å². The number of halogens is 1. The first-order chi connectivity index (χ1) is 12.1. The lowest BCUT2D eigenvalue weighted by molar-refractivity contribution is 0.0666. The first-order valence-electron chi connectivity index (χ1n) is 8.65. The third-order valence-electron chi connectivity index (χ3n) is 4.93. The smallest absolute Gasteiger partial charge is 0.256 e. The predicted octanol–water partition coefficient (Wildman–Crippen LogP) is 1.79. The number of carbonyl (C=O) groups is 1. The van der Waals surface area contributed by atoms with Gasteiger partial charge in [-0.3, -0.25) is 9.79 Å². The average Bonchev–Trinajstić information content (AvgIpc) is 3.24. The minimum Gasteiger partial charge on any atom is -0.370 e. The van der Waals surface area contributed by atoms with Gasteiger partial charge in [0.2, 0.25) is 0 Å². The number of nitrogens with zero attached hydrogens (tertiary/aromatic N) is 4. The fourth-order valence-corrected chi connectivity index (χ4v) is 3.81. The first kappa shape index (κ1) is 16.6. The number of fused-ring (bicyclic) bond motifs is 1. The molecule has 0 atom stereocenters. The van der Waals surface area contributed by atoms with Crippen molar-refractivity contribution in [3.8, 4) is 0 Å². The molecule has 2 aliphatic heterocycles. The van der Waals surface area contributed by atoms with Crippen molar-refractivity contribution in [2.75, 3.05) is 46.3 Å². The number of likely N-dealkylation sites (N-methyl/N-ethyl adjacent to an activating group) is 1. The Morgan fingerprint density at radius 1 is 1.28 bits per heavy atom. The summed E-state index contributed by atoms with van der Waals surface area (Å²) < 4.78 is 3.14. The van der Waals surface area contributed by atoms with Gasteiger partial charge in [-0.25, -0.2) is 0 Å². The number of piperazine rings is 1. The molecule has 0 aliphatic carbocycles. The summed E-state index contributed by atoms with van der Waals surface area (Å²) in [6, 6.07) is 6.10. The second kappa shape index (κ2) is 6.80. The highest BCUT2D eigenvalue weighted by Gasteiger charge is 2.24. The largest absolute Gasteiger partial charge is 0.370 e. The van der Waals surface area contributed by atoms with Crippen LogP contribution in [0.2, 0.25) is 0 Å². The number of carbonyl (C=O) groups excluding carboxylic acids is 1. The molecule has 0 spiro atoms. The lowest BCUT2D eigenvalue weighted by Crippen LogP contribution is -2.47. The Balaban J connectivity index is 1.69. The van der Waals surface area contributed by atoms with Gasteiger partial charge in [0.1, 0.15) is 5.84 Å². The molecule has 0 bridgehead atoms. The highest BCUT2D eigenvalue weighted by Crippen LogP contribution is 2.26. The third kappa shape index (κ3) is 3.30. The summed E-state index contributed by atoms with van der Waals surface area (Å²) in [5, 5.41) is 4.31. The zero-order chi connectivity index (χ0) is 17.4. The van der Waals surface area contributed by atoms with Crippen molar-refractivity contribution in [3.05, 3.63) is 34.4 Å². The number of amides is 1. The molecule has 1 aromatic carbocycles. The number of hydrogen-bond acceptors (Lipinski definition) is 4. The summed E-state index contributed by atoms with van der Waals surface area (Å²) >= 11 is 3.55. The molecule has 0 unspecified atom stereocenters. The molecule has 2 aromatic rings. The summed E-state index contributed by atoms with van der Waals surface area (Å²) in [6.45, 7) is 5.81. The monoisotopic (exact) mass is 403 g/mol. The first-order valence-corrected chi connectivity index (χ1v) is 9.44. The summed E-state index contributed by atoms with van der Waals surface area (Å²) in [7, 11) is 2.10. The Kier molecular flexibility index (Phi) is 4.52. The molecule has 0 radical (unpaired) electrons. The number of nitrogens with one attached hydrogen (secondary N) is 1. The molecule has 3 heterocycles. The van der Waals surface area contributed by atoms with Gasteiger partial charge in [0.05, 0.1) is 24.2 Å². The van der Waals surface area contributed by atoms with Gasteiger partial charge in [0.15, 0.2) is 0 Å². The van der Waals surface area contributed by atoms with E-state index in [2.05, 4.69) is 48.8 Å². The van der Waals surface area contributed by atoms with E-state index in [-0.39, 0.29) is 5.91 Å². The van der Waals surface area contributed by atoms with Gasteiger partial charge in [-0.1, -0.05) is 22.0 Å². The van der Waals surface area contributed by atoms with E-state index >= 15 is 0 Å². The fraction of sp³-hybridized carbons (Fsp3) is 0.444. The second-order valence-electron chi connectivity index (χ2n) is 6.68. The molecular formula is C18H22BrN5O. The van der Waals surface area contributed by atoms with Crippen LogP contribution in [-0.4, -0.2) is 72.4 Å². The lowest BCUT2D eigenvalue weighted by Gasteiger charge is -2.32. The molecule has 2 aliphatic rings. The summed E-state index contributed by atoms with van der Waals surface area (Å²) in [4.78, 5) is 21.8. The Hall–Kier alpha value is -1.86. The lowest BCUT2D eigenvalue weighted by atomic mass is 10.1. The molecule has 6 nitrogen and oxygen atoms in total. The minimum atomic E-state index is 0.125. The number of amidine groups is 1. The van der Waals surface area contributed by atoms with E-state index in [0.717, 1.165) is 66.0 Å². The van der Waals surface area contributed by atoms with Crippen molar-refractivity contribution < 1.29 is 4.79 Å². The fourth-order valence-electron chi connectivity index (χ4n) is 3.46. The quantitative estimate of drug-likeness (QED) is 0.849. The van der Waals surface area contributed by atoms with E-state index in [1.54, 1.807) is 0 Å². The van der Waals surface area contributed by atoms with E-state index in [1.165, 1.54) is 0 Å². The van der Waals surface area contributed by atoms with Crippen LogP contribution in [0.1, 0.15) is 10.4 Å². The van der Waals surface area contributed by atoms with Crippen LogP contribution in [0.15, 0.2) is 33.9 Å². The van der Waals surface area contributed by atoms with Crippen molar-refractivity contribution in [1.29, 1.82) is 0 Å². The van der Waals surface area contributed by atoms with Crippen LogP contribution in [-0.2, 0) is 6.54 Å². The number of aliphatic imine (C=N–C) groups is 1. The highest BCUT2D eigenvalue weighted by atomic mass is 79.9. The van der Waals surface area contributed by atoms with E-state index < -0.39 is 0 Å². The molecule has 1 amide bonds. The summed E-state index contributed by atoms with van der Waals surface area (Å²) in [5.41, 5.74) is 1.84. The van der Waals surface area contributed by atoms with Gasteiger partial charge < -0.3 is 19.7 Å². The molecule has 1 aromatic heterocycles. The van der Waals surface area contributed by atoms with Crippen molar-refractivity contribution in [2.45, 2.75) is 6.54 Å². The highest BCUT2D eigenvalue weighted by molar-refractivity contribution is 9.10. The Bertz CT molecular complexity index is 835. The number of rotatable bonds is 3. The van der Waals surface area contributed by atoms with Gasteiger partial charge in [-0.15, -0.1) is 0 Å². The molecule has 7 heteroatoms. The van der Waals surface area contributed by atoms with Crippen LogP contribution in [0.4, 0.5) is 0 Å². The zero-order valence-electron chi connectivity index (χ0n) is 14.3. The van der Waals surface area contributed by atoms with Gasteiger partial charge in [-0.2, -0.15) is 0 Å².